The Labute approximate surface area is 101 Å². The Kier molecular flexibility index (Phi) is 3.29. The van der Waals surface area contributed by atoms with E-state index in [1.807, 2.05) is 0 Å². The van der Waals surface area contributed by atoms with Gasteiger partial charge in [-0.3, -0.25) is 0 Å². The molecule has 0 amide bonds. The molecule has 0 aliphatic heterocycles. The van der Waals surface area contributed by atoms with E-state index < -0.39 is 3.23 Å². The number of hydrogen-bond donors (Lipinski definition) is 0. The second-order valence-electron chi connectivity index (χ2n) is 1.83. The molecule has 1 rings (SSSR count). The quantitative estimate of drug-likeness (QED) is 0.540. The predicted molar refractivity (Wildman–Crippen MR) is 58.0 cm³/mol. The average Bonchev–Trinajstić information content (AvgIpc) is 2.06. The third-order valence-electron chi connectivity index (χ3n) is 1.13. The molecular formula is C5Br2Cl4. The Morgan fingerprint density at radius 3 is 1.18 bits per heavy atom. The zero-order valence-corrected chi connectivity index (χ0v) is 11.0. The normalized spacial score (nSPS) is 23.5. The van der Waals surface area contributed by atoms with E-state index in [-0.39, 0.29) is 10.1 Å². The van der Waals surface area contributed by atoms with Crippen LogP contribution in [0.25, 0.3) is 0 Å². The first kappa shape index (κ1) is 10.7. The lowest BCUT2D eigenvalue weighted by Crippen LogP contribution is -2.07. The molecule has 1 aliphatic rings. The number of allylic oxidation sites excluding steroid dienone is 4. The fraction of sp³-hybridized carbons (Fsp3) is 0.200. The minimum absolute atomic E-state index is 0.270. The summed E-state index contributed by atoms with van der Waals surface area (Å²) in [6.07, 6.45) is 0. The van der Waals surface area contributed by atoms with E-state index in [9.17, 15) is 0 Å². The molecule has 0 saturated carbocycles. The lowest BCUT2D eigenvalue weighted by molar-refractivity contribution is 1.34. The molecular weight excluding hydrogens is 362 g/mol. The lowest BCUT2D eigenvalue weighted by atomic mass is 10.5. The maximum absolute atomic E-state index is 5.79. The summed E-state index contributed by atoms with van der Waals surface area (Å²) in [5.41, 5.74) is 0. The van der Waals surface area contributed by atoms with Gasteiger partial charge in [0, 0.05) is 0 Å². The van der Waals surface area contributed by atoms with Crippen molar-refractivity contribution >= 4 is 78.3 Å². The molecule has 0 heterocycles. The second-order valence-corrected chi connectivity index (χ2v) is 6.79. The van der Waals surface area contributed by atoms with Crippen LogP contribution in [0.3, 0.4) is 0 Å². The maximum Gasteiger partial charge on any atom is 0.154 e. The highest BCUT2D eigenvalue weighted by Gasteiger charge is 2.41. The number of alkyl halides is 2. The fourth-order valence-corrected chi connectivity index (χ4v) is 2.81. The number of hydrogen-bond acceptors (Lipinski definition) is 0. The fourth-order valence-electron chi connectivity index (χ4n) is 0.565. The molecule has 0 unspecified atom stereocenters. The van der Waals surface area contributed by atoms with Crippen LogP contribution in [-0.2, 0) is 0 Å². The zero-order valence-electron chi connectivity index (χ0n) is 4.77. The van der Waals surface area contributed by atoms with Crippen molar-refractivity contribution in [2.24, 2.45) is 0 Å². The van der Waals surface area contributed by atoms with Gasteiger partial charge in [0.2, 0.25) is 0 Å². The van der Waals surface area contributed by atoms with Crippen LogP contribution in [0.2, 0.25) is 0 Å². The first-order valence-corrected chi connectivity index (χ1v) is 5.48. The van der Waals surface area contributed by atoms with Crippen LogP contribution in [0.1, 0.15) is 0 Å². The highest BCUT2D eigenvalue weighted by atomic mass is 79.9. The summed E-state index contributed by atoms with van der Waals surface area (Å²) in [6.45, 7) is 0. The van der Waals surface area contributed by atoms with Crippen LogP contribution in [-0.4, -0.2) is 3.23 Å². The summed E-state index contributed by atoms with van der Waals surface area (Å²) in [5, 5.41) is 1.22. The molecule has 62 valence electrons. The summed E-state index contributed by atoms with van der Waals surface area (Å²) in [6, 6.07) is 0. The Morgan fingerprint density at radius 2 is 1.09 bits per heavy atom. The standard InChI is InChI=1S/C5Br2Cl4/c6-5(7)3(10)1(8)2(9)4(5)11. The summed E-state index contributed by atoms with van der Waals surface area (Å²) >= 11 is 29.4. The third kappa shape index (κ3) is 1.63. The molecule has 1 aliphatic carbocycles. The molecule has 0 nitrogen and oxygen atoms in total. The van der Waals surface area contributed by atoms with Gasteiger partial charge in [-0.25, -0.2) is 0 Å². The van der Waals surface area contributed by atoms with Gasteiger partial charge in [-0.2, -0.15) is 0 Å². The van der Waals surface area contributed by atoms with E-state index in [1.165, 1.54) is 0 Å². The highest BCUT2D eigenvalue weighted by Crippen LogP contribution is 2.55. The van der Waals surface area contributed by atoms with Crippen molar-refractivity contribution in [1.29, 1.82) is 0 Å². The van der Waals surface area contributed by atoms with E-state index in [2.05, 4.69) is 31.9 Å². The molecule has 0 spiro atoms. The van der Waals surface area contributed by atoms with Crippen LogP contribution >= 0.6 is 78.3 Å². The van der Waals surface area contributed by atoms with Crippen molar-refractivity contribution < 1.29 is 0 Å². The van der Waals surface area contributed by atoms with Crippen molar-refractivity contribution in [2.75, 3.05) is 0 Å². The van der Waals surface area contributed by atoms with E-state index in [0.717, 1.165) is 0 Å². The van der Waals surface area contributed by atoms with Gasteiger partial charge >= 0.3 is 0 Å². The van der Waals surface area contributed by atoms with Gasteiger partial charge in [-0.1, -0.05) is 78.3 Å². The molecule has 0 bridgehead atoms. The minimum atomic E-state index is -0.794. The summed E-state index contributed by atoms with van der Waals surface area (Å²) in [4.78, 5) is 0. The van der Waals surface area contributed by atoms with Crippen molar-refractivity contribution in [3.8, 4) is 0 Å². The highest BCUT2D eigenvalue weighted by molar-refractivity contribution is 9.25. The molecule has 0 atom stereocenters. The minimum Gasteiger partial charge on any atom is -0.0845 e. The Balaban J connectivity index is 3.27. The van der Waals surface area contributed by atoms with Crippen molar-refractivity contribution in [1.82, 2.24) is 0 Å². The number of rotatable bonds is 0. The Hall–Kier alpha value is 1.60. The Bertz CT molecular complexity index is 240. The van der Waals surface area contributed by atoms with Crippen molar-refractivity contribution in [3.63, 3.8) is 0 Å². The van der Waals surface area contributed by atoms with Gasteiger partial charge in [0.1, 0.15) is 0 Å². The molecule has 0 aromatic carbocycles. The third-order valence-corrected chi connectivity index (χ3v) is 5.62. The summed E-state index contributed by atoms with van der Waals surface area (Å²) in [5.74, 6) is 0. The molecule has 0 aromatic rings. The van der Waals surface area contributed by atoms with Crippen LogP contribution in [0.5, 0.6) is 0 Å². The van der Waals surface area contributed by atoms with Gasteiger partial charge in [0.15, 0.2) is 3.23 Å². The van der Waals surface area contributed by atoms with E-state index in [0.29, 0.717) is 10.1 Å². The van der Waals surface area contributed by atoms with Gasteiger partial charge in [0.25, 0.3) is 0 Å². The Morgan fingerprint density at radius 1 is 0.818 bits per heavy atom. The largest absolute Gasteiger partial charge is 0.154 e. The predicted octanol–water partition coefficient (Wildman–Crippen LogP) is 4.86. The first-order valence-electron chi connectivity index (χ1n) is 2.38. The summed E-state index contributed by atoms with van der Waals surface area (Å²) < 4.78 is -0.794. The molecule has 0 radical (unpaired) electrons. The topological polar surface area (TPSA) is 0 Å². The second kappa shape index (κ2) is 3.39. The maximum atomic E-state index is 5.79. The molecule has 0 saturated heterocycles. The van der Waals surface area contributed by atoms with Gasteiger partial charge < -0.3 is 0 Å². The molecule has 11 heavy (non-hydrogen) atoms. The summed E-state index contributed by atoms with van der Waals surface area (Å²) in [7, 11) is 0. The van der Waals surface area contributed by atoms with E-state index >= 15 is 0 Å². The average molecular weight is 362 g/mol. The van der Waals surface area contributed by atoms with Crippen molar-refractivity contribution in [2.45, 2.75) is 3.23 Å². The molecule has 0 N–H and O–H groups in total. The first-order chi connectivity index (χ1) is 4.89. The van der Waals surface area contributed by atoms with Crippen LogP contribution < -0.4 is 0 Å². The monoisotopic (exact) mass is 358 g/mol. The molecule has 0 fully saturated rings. The van der Waals surface area contributed by atoms with Crippen LogP contribution in [0.4, 0.5) is 0 Å². The van der Waals surface area contributed by atoms with Gasteiger partial charge in [-0.15, -0.1) is 0 Å². The van der Waals surface area contributed by atoms with E-state index in [1.54, 1.807) is 0 Å². The molecule has 0 aromatic heterocycles. The van der Waals surface area contributed by atoms with Gasteiger partial charge in [0.05, 0.1) is 20.1 Å². The SMILES string of the molecule is ClC1=C(Cl)C(Br)(Br)C(Cl)=C1Cl. The van der Waals surface area contributed by atoms with Crippen LogP contribution in [0.15, 0.2) is 20.1 Å². The lowest BCUT2D eigenvalue weighted by Gasteiger charge is -2.13. The van der Waals surface area contributed by atoms with Crippen LogP contribution in [0, 0.1) is 0 Å². The van der Waals surface area contributed by atoms with Gasteiger partial charge in [-0.05, 0) is 0 Å². The van der Waals surface area contributed by atoms with Crippen molar-refractivity contribution in [3.05, 3.63) is 20.1 Å². The zero-order chi connectivity index (χ0) is 8.81. The van der Waals surface area contributed by atoms with E-state index in [4.69, 9.17) is 46.4 Å². The molecule has 6 heteroatoms. The smallest absolute Gasteiger partial charge is 0.0845 e. The number of halogens is 6.